The number of hydrogen-bond donors (Lipinski definition) is 0. The molecule has 1 saturated heterocycles. The summed E-state index contributed by atoms with van der Waals surface area (Å²) in [4.78, 5) is 1.85. The lowest BCUT2D eigenvalue weighted by Gasteiger charge is -2.36. The van der Waals surface area contributed by atoms with Gasteiger partial charge in [-0.05, 0) is 30.5 Å². The first-order valence-corrected chi connectivity index (χ1v) is 7.99. The molecule has 0 amide bonds. The maximum atomic E-state index is 12.8. The van der Waals surface area contributed by atoms with E-state index in [-0.39, 0.29) is 13.0 Å². The second-order valence-corrected chi connectivity index (χ2v) is 6.21. The molecule has 2 rings (SSSR count). The number of halogens is 5. The summed E-state index contributed by atoms with van der Waals surface area (Å²) in [6, 6.07) is 5.74. The Morgan fingerprint density at radius 3 is 2.68 bits per heavy atom. The van der Waals surface area contributed by atoms with Crippen molar-refractivity contribution >= 4 is 37.5 Å². The highest BCUT2D eigenvalue weighted by atomic mass is 79.9. The Morgan fingerprint density at radius 1 is 1.32 bits per heavy atom. The normalized spacial score (nSPS) is 20.7. The maximum Gasteiger partial charge on any atom is 0.393 e. The molecule has 0 aliphatic carbocycles. The highest BCUT2D eigenvalue weighted by Crippen LogP contribution is 2.36. The van der Waals surface area contributed by atoms with Crippen LogP contribution in [0.15, 0.2) is 22.7 Å². The molecule has 0 N–H and O–H groups in total. The molecule has 0 bridgehead atoms. The van der Waals surface area contributed by atoms with Gasteiger partial charge in [0.1, 0.15) is 0 Å². The van der Waals surface area contributed by atoms with Gasteiger partial charge in [-0.25, -0.2) is 0 Å². The second kappa shape index (κ2) is 6.04. The van der Waals surface area contributed by atoms with Gasteiger partial charge in [-0.2, -0.15) is 13.2 Å². The third kappa shape index (κ3) is 3.66. The minimum Gasteiger partial charge on any atom is -0.371 e. The fraction of sp³-hybridized carbons (Fsp3) is 0.538. The monoisotopic (exact) mass is 399 g/mol. The fourth-order valence-electron chi connectivity index (χ4n) is 2.41. The summed E-state index contributed by atoms with van der Waals surface area (Å²) in [5.74, 6) is -1.22. The molecule has 1 aliphatic rings. The zero-order valence-electron chi connectivity index (χ0n) is 10.2. The Hall–Kier alpha value is -0.230. The molecule has 1 fully saturated rings. The van der Waals surface area contributed by atoms with E-state index in [0.717, 1.165) is 15.7 Å². The van der Waals surface area contributed by atoms with Crippen LogP contribution in [-0.4, -0.2) is 19.3 Å². The molecule has 1 atom stereocenters. The molecule has 1 unspecified atom stereocenters. The number of anilines is 1. The van der Waals surface area contributed by atoms with Gasteiger partial charge in [-0.1, -0.05) is 37.9 Å². The summed E-state index contributed by atoms with van der Waals surface area (Å²) in [6.07, 6.45) is -3.28. The Morgan fingerprint density at radius 2 is 2.05 bits per heavy atom. The van der Waals surface area contributed by atoms with Crippen LogP contribution in [0, 0.1) is 5.92 Å². The average Bonchev–Trinajstić information content (AvgIpc) is 2.38. The zero-order chi connectivity index (χ0) is 14.0. The van der Waals surface area contributed by atoms with E-state index in [4.69, 9.17) is 0 Å². The van der Waals surface area contributed by atoms with Crippen LogP contribution in [0.25, 0.3) is 0 Å². The molecule has 1 aromatic rings. The smallest absolute Gasteiger partial charge is 0.371 e. The maximum absolute atomic E-state index is 12.8. The van der Waals surface area contributed by atoms with Gasteiger partial charge in [-0.15, -0.1) is 0 Å². The van der Waals surface area contributed by atoms with E-state index in [2.05, 4.69) is 31.9 Å². The van der Waals surface area contributed by atoms with E-state index in [1.807, 2.05) is 23.1 Å². The molecule has 1 aromatic carbocycles. The number of nitrogens with zero attached hydrogens (tertiary/aromatic N) is 1. The summed E-state index contributed by atoms with van der Waals surface area (Å²) in [5.41, 5.74) is 1.91. The van der Waals surface area contributed by atoms with Crippen LogP contribution in [0.2, 0.25) is 0 Å². The minimum absolute atomic E-state index is 0.0555. The lowest BCUT2D eigenvalue weighted by Crippen LogP contribution is -2.42. The first-order valence-electron chi connectivity index (χ1n) is 6.08. The Labute approximate surface area is 127 Å². The van der Waals surface area contributed by atoms with Crippen LogP contribution in [0.1, 0.15) is 18.4 Å². The van der Waals surface area contributed by atoms with Crippen LogP contribution >= 0.6 is 31.9 Å². The SMILES string of the molecule is FC(F)(F)C1CCCN(c2cc(Br)ccc2CBr)C1. The lowest BCUT2D eigenvalue weighted by atomic mass is 9.96. The standard InChI is InChI=1S/C13H14Br2F3N/c14-7-9-3-4-11(15)6-12(9)19-5-1-2-10(8-19)13(16,17)18/h3-4,6,10H,1-2,5,7-8H2. The van der Waals surface area contributed by atoms with Gasteiger partial charge < -0.3 is 4.90 Å². The quantitative estimate of drug-likeness (QED) is 0.622. The third-order valence-electron chi connectivity index (χ3n) is 3.42. The number of piperidine rings is 1. The van der Waals surface area contributed by atoms with E-state index >= 15 is 0 Å². The Bertz CT molecular complexity index is 448. The molecule has 0 aromatic heterocycles. The van der Waals surface area contributed by atoms with E-state index in [9.17, 15) is 13.2 Å². The summed E-state index contributed by atoms with van der Waals surface area (Å²) >= 11 is 6.77. The number of alkyl halides is 4. The van der Waals surface area contributed by atoms with Gasteiger partial charge >= 0.3 is 6.18 Å². The predicted octanol–water partition coefficient (Wildman–Crippen LogP) is 5.12. The minimum atomic E-state index is -4.10. The van der Waals surface area contributed by atoms with Gasteiger partial charge in [0.05, 0.1) is 5.92 Å². The summed E-state index contributed by atoms with van der Waals surface area (Å²) in [7, 11) is 0. The molecule has 0 radical (unpaired) electrons. The summed E-state index contributed by atoms with van der Waals surface area (Å²) in [6.45, 7) is 0.739. The van der Waals surface area contributed by atoms with Crippen LogP contribution in [0.3, 0.4) is 0 Å². The van der Waals surface area contributed by atoms with Crippen molar-refractivity contribution in [2.75, 3.05) is 18.0 Å². The third-order valence-corrected chi connectivity index (χ3v) is 4.51. The molecule has 106 valence electrons. The average molecular weight is 401 g/mol. The van der Waals surface area contributed by atoms with E-state index in [1.54, 1.807) is 0 Å². The molecule has 1 nitrogen and oxygen atoms in total. The molecular formula is C13H14Br2F3N. The van der Waals surface area contributed by atoms with Crippen LogP contribution < -0.4 is 4.90 Å². The van der Waals surface area contributed by atoms with Crippen molar-refractivity contribution in [3.05, 3.63) is 28.2 Å². The van der Waals surface area contributed by atoms with Crippen LogP contribution in [0.4, 0.5) is 18.9 Å². The number of hydrogen-bond acceptors (Lipinski definition) is 1. The predicted molar refractivity (Wildman–Crippen MR) is 77.8 cm³/mol. The summed E-state index contributed by atoms with van der Waals surface area (Å²) < 4.78 is 39.4. The molecular weight excluding hydrogens is 387 g/mol. The van der Waals surface area contributed by atoms with Gasteiger partial charge in [-0.3, -0.25) is 0 Å². The van der Waals surface area contributed by atoms with Crippen molar-refractivity contribution in [2.45, 2.75) is 24.3 Å². The molecule has 0 spiro atoms. The van der Waals surface area contributed by atoms with Gasteiger partial charge in [0.25, 0.3) is 0 Å². The van der Waals surface area contributed by atoms with E-state index < -0.39 is 12.1 Å². The highest BCUT2D eigenvalue weighted by Gasteiger charge is 2.42. The molecule has 6 heteroatoms. The summed E-state index contributed by atoms with van der Waals surface area (Å²) in [5, 5.41) is 0.642. The van der Waals surface area contributed by atoms with Crippen LogP contribution in [-0.2, 0) is 5.33 Å². The molecule has 1 heterocycles. The largest absolute Gasteiger partial charge is 0.393 e. The van der Waals surface area contributed by atoms with Crippen molar-refractivity contribution in [3.63, 3.8) is 0 Å². The van der Waals surface area contributed by atoms with Gasteiger partial charge in [0.15, 0.2) is 0 Å². The van der Waals surface area contributed by atoms with Crippen molar-refractivity contribution in [3.8, 4) is 0 Å². The first kappa shape index (κ1) is 15.2. The molecule has 19 heavy (non-hydrogen) atoms. The van der Waals surface area contributed by atoms with Crippen molar-refractivity contribution < 1.29 is 13.2 Å². The highest BCUT2D eigenvalue weighted by molar-refractivity contribution is 9.10. The molecule has 1 aliphatic heterocycles. The number of benzene rings is 1. The van der Waals surface area contributed by atoms with Crippen molar-refractivity contribution in [1.82, 2.24) is 0 Å². The fourth-order valence-corrected chi connectivity index (χ4v) is 3.23. The topological polar surface area (TPSA) is 3.24 Å². The van der Waals surface area contributed by atoms with Gasteiger partial charge in [0, 0.05) is 28.6 Å². The van der Waals surface area contributed by atoms with Crippen molar-refractivity contribution in [1.29, 1.82) is 0 Å². The van der Waals surface area contributed by atoms with Gasteiger partial charge in [0.2, 0.25) is 0 Å². The van der Waals surface area contributed by atoms with E-state index in [1.165, 1.54) is 0 Å². The molecule has 0 saturated carbocycles. The first-order chi connectivity index (χ1) is 8.91. The van der Waals surface area contributed by atoms with Crippen molar-refractivity contribution in [2.24, 2.45) is 5.92 Å². The van der Waals surface area contributed by atoms with Crippen LogP contribution in [0.5, 0.6) is 0 Å². The Kier molecular flexibility index (Phi) is 4.82. The zero-order valence-corrected chi connectivity index (χ0v) is 13.4. The van der Waals surface area contributed by atoms with E-state index in [0.29, 0.717) is 18.3 Å². The lowest BCUT2D eigenvalue weighted by molar-refractivity contribution is -0.176. The second-order valence-electron chi connectivity index (χ2n) is 4.73. The number of rotatable bonds is 2. The Balaban J connectivity index is 2.24.